The van der Waals surface area contributed by atoms with Crippen LogP contribution in [0, 0.1) is 0 Å². The number of hydrogen-bond acceptors (Lipinski definition) is 4. The second kappa shape index (κ2) is 6.26. The molecule has 1 saturated heterocycles. The van der Waals surface area contributed by atoms with Gasteiger partial charge in [0.15, 0.2) is 5.82 Å². The molecule has 1 aliphatic heterocycles. The highest BCUT2D eigenvalue weighted by atomic mass is 16.5. The molecule has 1 aliphatic rings. The van der Waals surface area contributed by atoms with Gasteiger partial charge >= 0.3 is 0 Å². The summed E-state index contributed by atoms with van der Waals surface area (Å²) in [7, 11) is 0. The molecule has 3 rings (SSSR count). The van der Waals surface area contributed by atoms with Crippen LogP contribution < -0.4 is 4.90 Å². The maximum Gasteiger partial charge on any atom is 0.227 e. The van der Waals surface area contributed by atoms with Gasteiger partial charge in [-0.2, -0.15) is 0 Å². The third-order valence-corrected chi connectivity index (χ3v) is 3.81. The second-order valence-corrected chi connectivity index (χ2v) is 5.41. The van der Waals surface area contributed by atoms with E-state index in [9.17, 15) is 0 Å². The quantitative estimate of drug-likeness (QED) is 0.870. The van der Waals surface area contributed by atoms with E-state index >= 15 is 0 Å². The molecular formula is C16H22N4O. The highest BCUT2D eigenvalue weighted by molar-refractivity contribution is 5.57. The first-order valence-electron chi connectivity index (χ1n) is 7.64. The van der Waals surface area contributed by atoms with E-state index in [0.717, 1.165) is 50.0 Å². The van der Waals surface area contributed by atoms with Crippen LogP contribution in [-0.4, -0.2) is 40.6 Å². The van der Waals surface area contributed by atoms with Crippen LogP contribution in [0.4, 0.5) is 5.95 Å². The van der Waals surface area contributed by atoms with E-state index in [-0.39, 0.29) is 6.10 Å². The Balaban J connectivity index is 1.94. The van der Waals surface area contributed by atoms with E-state index < -0.39 is 0 Å². The van der Waals surface area contributed by atoms with Crippen LogP contribution in [0.15, 0.2) is 30.3 Å². The molecule has 112 valence electrons. The van der Waals surface area contributed by atoms with Gasteiger partial charge < -0.3 is 9.64 Å². The van der Waals surface area contributed by atoms with Crippen molar-refractivity contribution in [1.29, 1.82) is 0 Å². The Bertz CT molecular complexity index is 581. The smallest absolute Gasteiger partial charge is 0.227 e. The number of rotatable bonds is 3. The fourth-order valence-electron chi connectivity index (χ4n) is 2.80. The number of anilines is 1. The first-order chi connectivity index (χ1) is 10.3. The van der Waals surface area contributed by atoms with E-state index in [0.29, 0.717) is 0 Å². The van der Waals surface area contributed by atoms with Crippen LogP contribution in [0.5, 0.6) is 0 Å². The Morgan fingerprint density at radius 1 is 1.24 bits per heavy atom. The fraction of sp³-hybridized carbons (Fsp3) is 0.500. The summed E-state index contributed by atoms with van der Waals surface area (Å²) in [5.74, 6) is 1.89. The molecule has 1 aromatic carbocycles. The largest absolute Gasteiger partial charge is 0.377 e. The molecule has 1 unspecified atom stereocenters. The van der Waals surface area contributed by atoms with E-state index in [4.69, 9.17) is 4.74 Å². The van der Waals surface area contributed by atoms with Gasteiger partial charge in [0.25, 0.3) is 0 Å². The molecule has 5 nitrogen and oxygen atoms in total. The molecule has 1 aromatic heterocycles. The number of ether oxygens (including phenoxy) is 1. The summed E-state index contributed by atoms with van der Waals surface area (Å²) >= 11 is 0. The minimum absolute atomic E-state index is 0.231. The van der Waals surface area contributed by atoms with Gasteiger partial charge in [0.2, 0.25) is 5.95 Å². The molecule has 0 aliphatic carbocycles. The van der Waals surface area contributed by atoms with Crippen LogP contribution in [0.1, 0.15) is 20.3 Å². The first-order valence-corrected chi connectivity index (χ1v) is 7.64. The number of aromatic nitrogens is 3. The predicted molar refractivity (Wildman–Crippen MR) is 83.4 cm³/mol. The predicted octanol–water partition coefficient (Wildman–Crippen LogP) is 2.58. The normalized spacial score (nSPS) is 19.5. The van der Waals surface area contributed by atoms with E-state index in [2.05, 4.69) is 45.6 Å². The van der Waals surface area contributed by atoms with Crippen molar-refractivity contribution < 1.29 is 4.74 Å². The third-order valence-electron chi connectivity index (χ3n) is 3.81. The van der Waals surface area contributed by atoms with Crippen LogP contribution >= 0.6 is 0 Å². The molecule has 2 aromatic rings. The SMILES string of the molecule is CCn1c(-c2ccccc2)nnc1N1CCCOC(C)C1. The van der Waals surface area contributed by atoms with Crippen LogP contribution in [-0.2, 0) is 11.3 Å². The maximum atomic E-state index is 5.72. The lowest BCUT2D eigenvalue weighted by Crippen LogP contribution is -2.32. The highest BCUT2D eigenvalue weighted by Gasteiger charge is 2.22. The molecule has 0 bridgehead atoms. The second-order valence-electron chi connectivity index (χ2n) is 5.41. The van der Waals surface area contributed by atoms with Crippen molar-refractivity contribution >= 4 is 5.95 Å². The number of benzene rings is 1. The maximum absolute atomic E-state index is 5.72. The van der Waals surface area contributed by atoms with Crippen molar-refractivity contribution in [2.24, 2.45) is 0 Å². The van der Waals surface area contributed by atoms with E-state index in [1.165, 1.54) is 0 Å². The zero-order valence-corrected chi connectivity index (χ0v) is 12.7. The van der Waals surface area contributed by atoms with Crippen molar-refractivity contribution in [2.45, 2.75) is 32.9 Å². The van der Waals surface area contributed by atoms with Crippen molar-refractivity contribution in [1.82, 2.24) is 14.8 Å². The van der Waals surface area contributed by atoms with Gasteiger partial charge in [0.05, 0.1) is 6.10 Å². The van der Waals surface area contributed by atoms with Gasteiger partial charge in [-0.15, -0.1) is 10.2 Å². The Labute approximate surface area is 125 Å². The Morgan fingerprint density at radius 3 is 2.81 bits per heavy atom. The molecule has 0 saturated carbocycles. The highest BCUT2D eigenvalue weighted by Crippen LogP contribution is 2.23. The Kier molecular flexibility index (Phi) is 4.20. The molecule has 1 fully saturated rings. The van der Waals surface area contributed by atoms with Gasteiger partial charge in [0.1, 0.15) is 0 Å². The molecule has 1 atom stereocenters. The van der Waals surface area contributed by atoms with E-state index in [1.807, 2.05) is 18.2 Å². The first kappa shape index (κ1) is 14.1. The Hall–Kier alpha value is -1.88. The summed E-state index contributed by atoms with van der Waals surface area (Å²) in [4.78, 5) is 2.29. The summed E-state index contributed by atoms with van der Waals surface area (Å²) in [6.45, 7) is 7.77. The number of hydrogen-bond donors (Lipinski definition) is 0. The van der Waals surface area contributed by atoms with Crippen LogP contribution in [0.2, 0.25) is 0 Å². The van der Waals surface area contributed by atoms with Crippen molar-refractivity contribution in [3.8, 4) is 11.4 Å². The molecule has 0 amide bonds. The molecule has 0 spiro atoms. The third kappa shape index (κ3) is 2.93. The van der Waals surface area contributed by atoms with Crippen LogP contribution in [0.25, 0.3) is 11.4 Å². The summed E-state index contributed by atoms with van der Waals surface area (Å²) in [6.07, 6.45) is 1.26. The summed E-state index contributed by atoms with van der Waals surface area (Å²) in [5, 5.41) is 8.87. The lowest BCUT2D eigenvalue weighted by molar-refractivity contribution is 0.0819. The van der Waals surface area contributed by atoms with Gasteiger partial charge in [-0.05, 0) is 20.3 Å². The summed E-state index contributed by atoms with van der Waals surface area (Å²) < 4.78 is 7.91. The zero-order valence-electron chi connectivity index (χ0n) is 12.7. The zero-order chi connectivity index (χ0) is 14.7. The molecule has 21 heavy (non-hydrogen) atoms. The monoisotopic (exact) mass is 286 g/mol. The van der Waals surface area contributed by atoms with Gasteiger partial charge in [-0.1, -0.05) is 30.3 Å². The molecular weight excluding hydrogens is 264 g/mol. The van der Waals surface area contributed by atoms with Crippen molar-refractivity contribution in [3.63, 3.8) is 0 Å². The van der Waals surface area contributed by atoms with Gasteiger partial charge in [0, 0.05) is 31.8 Å². The van der Waals surface area contributed by atoms with Crippen LogP contribution in [0.3, 0.4) is 0 Å². The minimum Gasteiger partial charge on any atom is -0.377 e. The Morgan fingerprint density at radius 2 is 2.05 bits per heavy atom. The van der Waals surface area contributed by atoms with Gasteiger partial charge in [-0.25, -0.2) is 0 Å². The average Bonchev–Trinajstić information content (AvgIpc) is 2.83. The van der Waals surface area contributed by atoms with E-state index in [1.54, 1.807) is 0 Å². The standard InChI is InChI=1S/C16H22N4O/c1-3-20-15(14-8-5-4-6-9-14)17-18-16(20)19-10-7-11-21-13(2)12-19/h4-6,8-9,13H,3,7,10-12H2,1-2H3. The molecule has 2 heterocycles. The fourth-order valence-corrected chi connectivity index (χ4v) is 2.80. The van der Waals surface area contributed by atoms with Gasteiger partial charge in [-0.3, -0.25) is 4.57 Å². The minimum atomic E-state index is 0.231. The molecule has 0 N–H and O–H groups in total. The lowest BCUT2D eigenvalue weighted by Gasteiger charge is -2.23. The number of nitrogens with zero attached hydrogens (tertiary/aromatic N) is 4. The molecule has 5 heteroatoms. The molecule has 0 radical (unpaired) electrons. The lowest BCUT2D eigenvalue weighted by atomic mass is 10.2. The summed E-state index contributed by atoms with van der Waals surface area (Å²) in [6, 6.07) is 10.2. The topological polar surface area (TPSA) is 43.2 Å². The average molecular weight is 286 g/mol. The van der Waals surface area contributed by atoms with Crippen molar-refractivity contribution in [3.05, 3.63) is 30.3 Å². The van der Waals surface area contributed by atoms with Crippen molar-refractivity contribution in [2.75, 3.05) is 24.6 Å². The summed E-state index contributed by atoms with van der Waals surface area (Å²) in [5.41, 5.74) is 1.11.